The zero-order valence-corrected chi connectivity index (χ0v) is 10.7. The lowest BCUT2D eigenvalue weighted by molar-refractivity contribution is 0.148. The van der Waals surface area contributed by atoms with E-state index >= 15 is 0 Å². The summed E-state index contributed by atoms with van der Waals surface area (Å²) in [5, 5.41) is 0. The van der Waals surface area contributed by atoms with E-state index in [4.69, 9.17) is 5.73 Å². The summed E-state index contributed by atoms with van der Waals surface area (Å²) in [6.07, 6.45) is 11.5. The Balaban J connectivity index is 1.78. The van der Waals surface area contributed by atoms with Gasteiger partial charge in [0.15, 0.2) is 0 Å². The number of rotatable bonds is 4. The van der Waals surface area contributed by atoms with Gasteiger partial charge < -0.3 is 10.6 Å². The van der Waals surface area contributed by atoms with Crippen molar-refractivity contribution in [2.45, 2.75) is 51.4 Å². The van der Waals surface area contributed by atoms with Gasteiger partial charge in [-0.05, 0) is 44.3 Å². The van der Waals surface area contributed by atoms with Crippen LogP contribution in [0.1, 0.15) is 51.4 Å². The van der Waals surface area contributed by atoms with E-state index < -0.39 is 0 Å². The average Bonchev–Trinajstić information content (AvgIpc) is 2.38. The van der Waals surface area contributed by atoms with E-state index in [1.54, 1.807) is 0 Å². The molecule has 1 unspecified atom stereocenters. The van der Waals surface area contributed by atoms with E-state index in [9.17, 15) is 0 Å². The van der Waals surface area contributed by atoms with E-state index in [0.29, 0.717) is 0 Å². The highest BCUT2D eigenvalue weighted by atomic mass is 15.1. The van der Waals surface area contributed by atoms with Crippen molar-refractivity contribution in [3.05, 3.63) is 0 Å². The Morgan fingerprint density at radius 3 is 2.19 bits per heavy atom. The highest BCUT2D eigenvalue weighted by Crippen LogP contribution is 2.30. The van der Waals surface area contributed by atoms with Gasteiger partial charge in [0, 0.05) is 6.54 Å². The maximum atomic E-state index is 5.99. The molecule has 0 bridgehead atoms. The van der Waals surface area contributed by atoms with Crippen LogP contribution in [-0.4, -0.2) is 31.1 Å². The molecule has 0 amide bonds. The average molecular weight is 224 g/mol. The second-order valence-corrected chi connectivity index (χ2v) is 5.76. The molecule has 0 aromatic carbocycles. The van der Waals surface area contributed by atoms with Gasteiger partial charge in [-0.15, -0.1) is 0 Å². The SMILES string of the molecule is NCC(CN1CCCCC1)C1CCCCC1. The molecular formula is C14H28N2. The zero-order chi connectivity index (χ0) is 11.2. The van der Waals surface area contributed by atoms with Crippen LogP contribution >= 0.6 is 0 Å². The molecule has 2 aliphatic rings. The van der Waals surface area contributed by atoms with Gasteiger partial charge in [-0.1, -0.05) is 38.5 Å². The number of nitrogens with zero attached hydrogens (tertiary/aromatic N) is 1. The minimum Gasteiger partial charge on any atom is -0.330 e. The van der Waals surface area contributed by atoms with Gasteiger partial charge in [-0.2, -0.15) is 0 Å². The topological polar surface area (TPSA) is 29.3 Å². The first-order chi connectivity index (χ1) is 7.90. The van der Waals surface area contributed by atoms with Crippen molar-refractivity contribution in [1.29, 1.82) is 0 Å². The molecule has 0 radical (unpaired) electrons. The van der Waals surface area contributed by atoms with E-state index in [2.05, 4.69) is 4.90 Å². The van der Waals surface area contributed by atoms with Gasteiger partial charge >= 0.3 is 0 Å². The molecule has 1 saturated heterocycles. The molecule has 1 aliphatic heterocycles. The molecule has 2 rings (SSSR count). The van der Waals surface area contributed by atoms with E-state index in [0.717, 1.165) is 18.4 Å². The van der Waals surface area contributed by atoms with Crippen molar-refractivity contribution in [3.63, 3.8) is 0 Å². The predicted octanol–water partition coefficient (Wildman–Crippen LogP) is 2.63. The first-order valence-corrected chi connectivity index (χ1v) is 7.32. The van der Waals surface area contributed by atoms with E-state index in [1.165, 1.54) is 71.0 Å². The second kappa shape index (κ2) is 6.61. The van der Waals surface area contributed by atoms with Crippen LogP contribution in [0.25, 0.3) is 0 Å². The number of hydrogen-bond acceptors (Lipinski definition) is 2. The van der Waals surface area contributed by atoms with Crippen LogP contribution in [0.15, 0.2) is 0 Å². The fourth-order valence-corrected chi connectivity index (χ4v) is 3.50. The summed E-state index contributed by atoms with van der Waals surface area (Å²) in [6.45, 7) is 4.83. The summed E-state index contributed by atoms with van der Waals surface area (Å²) in [7, 11) is 0. The predicted molar refractivity (Wildman–Crippen MR) is 69.4 cm³/mol. The molecular weight excluding hydrogens is 196 g/mol. The largest absolute Gasteiger partial charge is 0.330 e. The third kappa shape index (κ3) is 3.46. The summed E-state index contributed by atoms with van der Waals surface area (Å²) in [6, 6.07) is 0. The van der Waals surface area contributed by atoms with Crippen molar-refractivity contribution in [2.24, 2.45) is 17.6 Å². The fourth-order valence-electron chi connectivity index (χ4n) is 3.50. The van der Waals surface area contributed by atoms with Gasteiger partial charge in [-0.3, -0.25) is 0 Å². The third-order valence-electron chi connectivity index (χ3n) is 4.56. The zero-order valence-electron chi connectivity index (χ0n) is 10.7. The highest BCUT2D eigenvalue weighted by molar-refractivity contribution is 4.78. The minimum atomic E-state index is 0.776. The van der Waals surface area contributed by atoms with Gasteiger partial charge in [0.05, 0.1) is 0 Å². The first-order valence-electron chi connectivity index (χ1n) is 7.32. The summed E-state index contributed by atoms with van der Waals surface area (Å²) in [5.41, 5.74) is 5.99. The Morgan fingerprint density at radius 2 is 1.56 bits per heavy atom. The molecule has 2 fully saturated rings. The Kier molecular flexibility index (Phi) is 5.11. The summed E-state index contributed by atoms with van der Waals surface area (Å²) in [4.78, 5) is 2.66. The molecule has 1 heterocycles. The molecule has 0 aromatic rings. The Morgan fingerprint density at radius 1 is 0.938 bits per heavy atom. The van der Waals surface area contributed by atoms with Crippen molar-refractivity contribution >= 4 is 0 Å². The number of hydrogen-bond donors (Lipinski definition) is 1. The lowest BCUT2D eigenvalue weighted by atomic mass is 9.79. The normalized spacial score (nSPS) is 26.8. The molecule has 0 aromatic heterocycles. The molecule has 2 heteroatoms. The number of nitrogens with two attached hydrogens (primary N) is 1. The molecule has 2 nitrogen and oxygen atoms in total. The van der Waals surface area contributed by atoms with Gasteiger partial charge in [0.25, 0.3) is 0 Å². The lowest BCUT2D eigenvalue weighted by Crippen LogP contribution is -2.40. The smallest absolute Gasteiger partial charge is 0.00244 e. The molecule has 1 atom stereocenters. The second-order valence-electron chi connectivity index (χ2n) is 5.76. The van der Waals surface area contributed by atoms with Crippen molar-refractivity contribution in [3.8, 4) is 0 Å². The van der Waals surface area contributed by atoms with Crippen LogP contribution in [-0.2, 0) is 0 Å². The summed E-state index contributed by atoms with van der Waals surface area (Å²) >= 11 is 0. The molecule has 16 heavy (non-hydrogen) atoms. The molecule has 0 spiro atoms. The van der Waals surface area contributed by atoms with Crippen LogP contribution in [0.5, 0.6) is 0 Å². The third-order valence-corrected chi connectivity index (χ3v) is 4.56. The van der Waals surface area contributed by atoms with Crippen LogP contribution < -0.4 is 5.73 Å². The molecule has 1 saturated carbocycles. The Labute approximate surface area is 101 Å². The van der Waals surface area contributed by atoms with Crippen LogP contribution in [0, 0.1) is 11.8 Å². The van der Waals surface area contributed by atoms with Gasteiger partial charge in [0.1, 0.15) is 0 Å². The standard InChI is InChI=1S/C14H28N2/c15-11-14(13-7-3-1-4-8-13)12-16-9-5-2-6-10-16/h13-14H,1-12,15H2. The van der Waals surface area contributed by atoms with E-state index in [1.807, 2.05) is 0 Å². The molecule has 1 aliphatic carbocycles. The highest BCUT2D eigenvalue weighted by Gasteiger charge is 2.24. The number of piperidine rings is 1. The van der Waals surface area contributed by atoms with Crippen LogP contribution in [0.3, 0.4) is 0 Å². The summed E-state index contributed by atoms with van der Waals surface area (Å²) in [5.74, 6) is 1.71. The molecule has 94 valence electrons. The minimum absolute atomic E-state index is 0.776. The quantitative estimate of drug-likeness (QED) is 0.795. The maximum absolute atomic E-state index is 5.99. The fraction of sp³-hybridized carbons (Fsp3) is 1.00. The van der Waals surface area contributed by atoms with Gasteiger partial charge in [0.2, 0.25) is 0 Å². The molecule has 2 N–H and O–H groups in total. The maximum Gasteiger partial charge on any atom is 0.00244 e. The number of likely N-dealkylation sites (tertiary alicyclic amines) is 1. The Bertz CT molecular complexity index is 181. The van der Waals surface area contributed by atoms with E-state index in [-0.39, 0.29) is 0 Å². The van der Waals surface area contributed by atoms with Crippen LogP contribution in [0.2, 0.25) is 0 Å². The Hall–Kier alpha value is -0.0800. The lowest BCUT2D eigenvalue weighted by Gasteiger charge is -2.35. The van der Waals surface area contributed by atoms with Crippen molar-refractivity contribution in [1.82, 2.24) is 4.90 Å². The summed E-state index contributed by atoms with van der Waals surface area (Å²) < 4.78 is 0. The van der Waals surface area contributed by atoms with Gasteiger partial charge in [-0.25, -0.2) is 0 Å². The monoisotopic (exact) mass is 224 g/mol. The van der Waals surface area contributed by atoms with Crippen LogP contribution in [0.4, 0.5) is 0 Å². The van der Waals surface area contributed by atoms with Crippen molar-refractivity contribution < 1.29 is 0 Å². The van der Waals surface area contributed by atoms with Crippen molar-refractivity contribution in [2.75, 3.05) is 26.2 Å². The first kappa shape index (κ1) is 12.4.